The molecule has 4 N–H and O–H groups in total. The fraction of sp³-hybridized carbons (Fsp3) is 0.423. The van der Waals surface area contributed by atoms with Gasteiger partial charge in [-0.3, -0.25) is 4.79 Å². The molecule has 1 unspecified atom stereocenters. The molecule has 0 fully saturated rings. The first-order valence-corrected chi connectivity index (χ1v) is 12.0. The molecule has 0 saturated carbocycles. The molecule has 0 aliphatic carbocycles. The summed E-state index contributed by atoms with van der Waals surface area (Å²) in [5, 5.41) is 31.7. The van der Waals surface area contributed by atoms with E-state index in [-0.39, 0.29) is 30.3 Å². The minimum Gasteiger partial charge on any atom is -0.508 e. The second kappa shape index (κ2) is 10.5. The first-order valence-electron chi connectivity index (χ1n) is 12.0. The van der Waals surface area contributed by atoms with Crippen LogP contribution in [0.3, 0.4) is 0 Å². The number of phenolic OH excluding ortho intramolecular Hbond substituents is 1. The number of benzene rings is 2. The molecule has 192 valence electrons. The van der Waals surface area contributed by atoms with Gasteiger partial charge in [-0.2, -0.15) is 5.10 Å². The second-order valence-corrected chi connectivity index (χ2v) is 9.44. The number of aromatic hydroxyl groups is 1. The molecule has 1 aliphatic rings. The molecule has 2 heterocycles. The lowest BCUT2D eigenvalue weighted by Crippen LogP contribution is -2.42. The molecule has 0 spiro atoms. The minimum absolute atomic E-state index is 0.0567. The van der Waals surface area contributed by atoms with Gasteiger partial charge in [0.1, 0.15) is 23.1 Å². The number of aryl methyl sites for hydroxylation is 2. The number of hydrogen-bond acceptors (Lipinski definition) is 8. The summed E-state index contributed by atoms with van der Waals surface area (Å²) in [6, 6.07) is 10.5. The maximum Gasteiger partial charge on any atom is 0.262 e. The molecular formula is C26H33N5O5. The molecular weight excluding hydrogens is 462 g/mol. The van der Waals surface area contributed by atoms with Crippen molar-refractivity contribution in [3.05, 3.63) is 47.8 Å². The number of aromatic nitrogens is 3. The average molecular weight is 496 g/mol. The number of aliphatic hydroxyl groups is 1. The number of nitrogens with zero attached hydrogens (tertiary/aromatic N) is 3. The summed E-state index contributed by atoms with van der Waals surface area (Å²) < 4.78 is 12.7. The fourth-order valence-corrected chi connectivity index (χ4v) is 4.10. The van der Waals surface area contributed by atoms with Gasteiger partial charge in [-0.1, -0.05) is 6.92 Å². The Bertz CT molecular complexity index is 1220. The lowest BCUT2D eigenvalue weighted by atomic mass is 9.99. The molecule has 1 atom stereocenters. The van der Waals surface area contributed by atoms with E-state index in [1.807, 2.05) is 28.9 Å². The van der Waals surface area contributed by atoms with Crippen LogP contribution in [0.4, 0.5) is 5.69 Å². The molecule has 0 bridgehead atoms. The summed E-state index contributed by atoms with van der Waals surface area (Å²) in [4.78, 5) is 16.3. The highest BCUT2D eigenvalue weighted by atomic mass is 16.5. The van der Waals surface area contributed by atoms with Crippen LogP contribution in [0, 0.1) is 0 Å². The summed E-state index contributed by atoms with van der Waals surface area (Å²) >= 11 is 0. The number of amides is 1. The zero-order valence-corrected chi connectivity index (χ0v) is 21.0. The number of aliphatic hydroxyl groups excluding tert-OH is 1. The summed E-state index contributed by atoms with van der Waals surface area (Å²) in [5.74, 6) is 2.38. The summed E-state index contributed by atoms with van der Waals surface area (Å²) in [7, 11) is 1.64. The molecule has 36 heavy (non-hydrogen) atoms. The highest BCUT2D eigenvalue weighted by Gasteiger charge is 2.26. The van der Waals surface area contributed by atoms with Gasteiger partial charge in [0.25, 0.3) is 5.91 Å². The Morgan fingerprint density at radius 2 is 2.03 bits per heavy atom. The van der Waals surface area contributed by atoms with Crippen molar-refractivity contribution < 1.29 is 24.5 Å². The van der Waals surface area contributed by atoms with Crippen molar-refractivity contribution in [2.45, 2.75) is 51.8 Å². The number of anilines is 1. The van der Waals surface area contributed by atoms with Gasteiger partial charge < -0.3 is 30.3 Å². The van der Waals surface area contributed by atoms with Crippen molar-refractivity contribution in [2.75, 3.05) is 25.6 Å². The number of fused-ring (bicyclic) bond motifs is 1. The van der Waals surface area contributed by atoms with E-state index in [9.17, 15) is 15.0 Å². The van der Waals surface area contributed by atoms with E-state index < -0.39 is 6.10 Å². The smallest absolute Gasteiger partial charge is 0.262 e. The van der Waals surface area contributed by atoms with Crippen molar-refractivity contribution in [2.24, 2.45) is 0 Å². The molecule has 1 aromatic heterocycles. The third-order valence-corrected chi connectivity index (χ3v) is 6.22. The molecule has 2 aromatic carbocycles. The van der Waals surface area contributed by atoms with Crippen LogP contribution in [0.15, 0.2) is 36.4 Å². The van der Waals surface area contributed by atoms with Gasteiger partial charge in [-0.25, -0.2) is 9.67 Å². The molecule has 3 aromatic rings. The lowest BCUT2D eigenvalue weighted by Gasteiger charge is -2.29. The van der Waals surface area contributed by atoms with Gasteiger partial charge in [0.2, 0.25) is 0 Å². The Hall–Kier alpha value is -3.63. The number of ether oxygens (including phenoxy) is 2. The van der Waals surface area contributed by atoms with Gasteiger partial charge >= 0.3 is 0 Å². The van der Waals surface area contributed by atoms with Gasteiger partial charge in [0.05, 0.1) is 18.9 Å². The molecule has 0 radical (unpaired) electrons. The predicted octanol–water partition coefficient (Wildman–Crippen LogP) is 3.04. The van der Waals surface area contributed by atoms with E-state index in [2.05, 4.69) is 31.4 Å². The number of methoxy groups -OCH3 is 1. The zero-order chi connectivity index (χ0) is 25.9. The van der Waals surface area contributed by atoms with E-state index in [4.69, 9.17) is 19.6 Å². The van der Waals surface area contributed by atoms with Crippen molar-refractivity contribution in [1.29, 1.82) is 0 Å². The topological polar surface area (TPSA) is 131 Å². The van der Waals surface area contributed by atoms with Gasteiger partial charge in [-0.05, 0) is 50.6 Å². The van der Waals surface area contributed by atoms with Crippen LogP contribution in [0.2, 0.25) is 0 Å². The highest BCUT2D eigenvalue weighted by molar-refractivity contribution is 5.96. The Kier molecular flexibility index (Phi) is 7.46. The summed E-state index contributed by atoms with van der Waals surface area (Å²) in [6.45, 7) is 6.92. The Morgan fingerprint density at radius 3 is 2.72 bits per heavy atom. The van der Waals surface area contributed by atoms with E-state index >= 15 is 0 Å². The van der Waals surface area contributed by atoms with E-state index in [1.54, 1.807) is 7.11 Å². The Labute approximate surface area is 210 Å². The van der Waals surface area contributed by atoms with Crippen LogP contribution in [0.5, 0.6) is 17.2 Å². The molecule has 0 saturated heterocycles. The quantitative estimate of drug-likeness (QED) is 0.338. The van der Waals surface area contributed by atoms with Crippen LogP contribution in [-0.4, -0.2) is 56.7 Å². The number of β-amino-alcohol motifs (C(OH)–C–C–N with tert-alkyl or cyclic N) is 1. The van der Waals surface area contributed by atoms with Crippen molar-refractivity contribution in [1.82, 2.24) is 20.1 Å². The third-order valence-electron chi connectivity index (χ3n) is 6.22. The van der Waals surface area contributed by atoms with Crippen LogP contribution in [0.25, 0.3) is 11.4 Å². The highest BCUT2D eigenvalue weighted by Crippen LogP contribution is 2.38. The first-order chi connectivity index (χ1) is 17.2. The van der Waals surface area contributed by atoms with Gasteiger partial charge in [0, 0.05) is 42.2 Å². The van der Waals surface area contributed by atoms with Gasteiger partial charge in [0.15, 0.2) is 12.4 Å². The van der Waals surface area contributed by atoms with Crippen LogP contribution >= 0.6 is 0 Å². The standard InChI is InChI=1S/C26H33N5O5/c1-5-22-29-25(16-6-8-18(35-4)9-7-16)30-31(22)11-10-26(2,3)27-14-21(33)19-12-17(32)13-20-24(19)36-15-23(34)28-20/h6-9,12-13,21,27,32-33H,5,10-11,14-15H2,1-4H3,(H,28,34). The van der Waals surface area contributed by atoms with Crippen LogP contribution in [-0.2, 0) is 17.8 Å². The van der Waals surface area contributed by atoms with E-state index in [0.717, 1.165) is 30.0 Å². The van der Waals surface area contributed by atoms with E-state index in [1.165, 1.54) is 12.1 Å². The number of rotatable bonds is 10. The normalized spacial score (nSPS) is 14.1. The maximum atomic E-state index is 11.6. The Morgan fingerprint density at radius 1 is 1.28 bits per heavy atom. The fourth-order valence-electron chi connectivity index (χ4n) is 4.10. The van der Waals surface area contributed by atoms with Crippen LogP contribution in [0.1, 0.15) is 44.7 Å². The van der Waals surface area contributed by atoms with Crippen molar-refractivity contribution in [3.8, 4) is 28.6 Å². The average Bonchev–Trinajstić information content (AvgIpc) is 3.29. The van der Waals surface area contributed by atoms with Crippen LogP contribution < -0.4 is 20.1 Å². The predicted molar refractivity (Wildman–Crippen MR) is 135 cm³/mol. The maximum absolute atomic E-state index is 11.6. The molecule has 10 nitrogen and oxygen atoms in total. The lowest BCUT2D eigenvalue weighted by molar-refractivity contribution is -0.118. The number of carbonyl (C=O) groups excluding carboxylic acids is 1. The van der Waals surface area contributed by atoms with Gasteiger partial charge in [-0.15, -0.1) is 0 Å². The number of carbonyl (C=O) groups is 1. The largest absolute Gasteiger partial charge is 0.508 e. The molecule has 1 amide bonds. The number of phenols is 1. The van der Waals surface area contributed by atoms with Crippen molar-refractivity contribution >= 4 is 11.6 Å². The summed E-state index contributed by atoms with van der Waals surface area (Å²) in [5.41, 5.74) is 1.37. The third kappa shape index (κ3) is 5.77. The number of hydrogen-bond donors (Lipinski definition) is 4. The monoisotopic (exact) mass is 495 g/mol. The molecule has 10 heteroatoms. The Balaban J connectivity index is 1.40. The van der Waals surface area contributed by atoms with Crippen molar-refractivity contribution in [3.63, 3.8) is 0 Å². The first kappa shape index (κ1) is 25.5. The SMILES string of the molecule is CCc1nc(-c2ccc(OC)cc2)nn1CCC(C)(C)NCC(O)c1cc(O)cc2c1OCC(=O)N2. The second-order valence-electron chi connectivity index (χ2n) is 9.44. The summed E-state index contributed by atoms with van der Waals surface area (Å²) in [6.07, 6.45) is 0.553. The zero-order valence-electron chi connectivity index (χ0n) is 21.0. The van der Waals surface area contributed by atoms with E-state index in [0.29, 0.717) is 29.4 Å². The molecule has 1 aliphatic heterocycles. The molecule has 4 rings (SSSR count). The number of nitrogens with one attached hydrogen (secondary N) is 2. The minimum atomic E-state index is -0.945.